The summed E-state index contributed by atoms with van der Waals surface area (Å²) in [6, 6.07) is 19.1. The first-order valence-electron chi connectivity index (χ1n) is 9.99. The summed E-state index contributed by atoms with van der Waals surface area (Å²) >= 11 is 4.22. The lowest BCUT2D eigenvalue weighted by atomic mass is 10.1. The van der Waals surface area contributed by atoms with E-state index in [0.29, 0.717) is 23.7 Å². The number of ether oxygens (including phenoxy) is 2. The van der Waals surface area contributed by atoms with Crippen LogP contribution in [-0.2, 0) is 17.9 Å². The van der Waals surface area contributed by atoms with Crippen molar-refractivity contribution in [1.82, 2.24) is 4.90 Å². The maximum Gasteiger partial charge on any atom is 0.293 e. The van der Waals surface area contributed by atoms with E-state index in [1.54, 1.807) is 42.5 Å². The normalized spacial score (nSPS) is 14.8. The molecule has 8 heteroatoms. The number of hydrogen-bond acceptors (Lipinski definition) is 5. The second-order valence-corrected chi connectivity index (χ2v) is 9.06. The molecular formula is C25H19BrFNO4S. The number of nitrogens with zero attached hydrogens (tertiary/aromatic N) is 1. The molecular weight excluding hydrogens is 509 g/mol. The van der Waals surface area contributed by atoms with Gasteiger partial charge < -0.3 is 9.47 Å². The third-order valence-electron chi connectivity index (χ3n) is 4.97. The first kappa shape index (κ1) is 23.1. The lowest BCUT2D eigenvalue weighted by molar-refractivity contribution is -0.123. The summed E-state index contributed by atoms with van der Waals surface area (Å²) in [5.41, 5.74) is 1.84. The van der Waals surface area contributed by atoms with Crippen molar-refractivity contribution in [2.24, 2.45) is 0 Å². The van der Waals surface area contributed by atoms with Crippen LogP contribution in [0.4, 0.5) is 9.18 Å². The molecule has 1 saturated heterocycles. The minimum atomic E-state index is -0.477. The molecule has 1 fully saturated rings. The van der Waals surface area contributed by atoms with E-state index in [1.165, 1.54) is 13.2 Å². The molecule has 0 atom stereocenters. The fraction of sp³-hybridized carbons (Fsp3) is 0.120. The Labute approximate surface area is 203 Å². The van der Waals surface area contributed by atoms with E-state index in [4.69, 9.17) is 9.47 Å². The van der Waals surface area contributed by atoms with E-state index in [2.05, 4.69) is 15.9 Å². The Morgan fingerprint density at radius 1 is 1.03 bits per heavy atom. The van der Waals surface area contributed by atoms with Gasteiger partial charge in [0.05, 0.1) is 18.6 Å². The summed E-state index contributed by atoms with van der Waals surface area (Å²) in [7, 11) is 1.54. The van der Waals surface area contributed by atoms with E-state index in [-0.39, 0.29) is 17.0 Å². The van der Waals surface area contributed by atoms with Crippen LogP contribution >= 0.6 is 27.7 Å². The number of methoxy groups -OCH3 is 1. The van der Waals surface area contributed by atoms with Gasteiger partial charge in [-0.3, -0.25) is 14.5 Å². The standard InChI is InChI=1S/C25H19BrFNO4S/c1-31-21-8-4-6-17(23(21)32-15-16-9-11-19(26)12-10-16)13-22-24(29)28(25(30)33-22)14-18-5-2-3-7-20(18)27/h2-13H,14-15H2,1H3/b22-13-. The van der Waals surface area contributed by atoms with Gasteiger partial charge in [0.2, 0.25) is 0 Å². The summed E-state index contributed by atoms with van der Waals surface area (Å²) in [6.07, 6.45) is 1.60. The summed E-state index contributed by atoms with van der Waals surface area (Å²) < 4.78 is 26.5. The molecule has 0 aliphatic carbocycles. The van der Waals surface area contributed by atoms with Gasteiger partial charge in [0, 0.05) is 15.6 Å². The van der Waals surface area contributed by atoms with E-state index >= 15 is 0 Å². The van der Waals surface area contributed by atoms with Gasteiger partial charge in [-0.2, -0.15) is 0 Å². The lowest BCUT2D eigenvalue weighted by Gasteiger charge is -2.14. The fourth-order valence-corrected chi connectivity index (χ4v) is 4.37. The summed E-state index contributed by atoms with van der Waals surface area (Å²) in [5, 5.41) is -0.449. The average Bonchev–Trinajstić information content (AvgIpc) is 3.07. The first-order valence-corrected chi connectivity index (χ1v) is 11.6. The molecule has 0 N–H and O–H groups in total. The Balaban J connectivity index is 1.59. The van der Waals surface area contributed by atoms with Crippen molar-refractivity contribution in [1.29, 1.82) is 0 Å². The van der Waals surface area contributed by atoms with Crippen molar-refractivity contribution in [2.75, 3.05) is 7.11 Å². The summed E-state index contributed by atoms with van der Waals surface area (Å²) in [4.78, 5) is 26.7. The highest BCUT2D eigenvalue weighted by Crippen LogP contribution is 2.38. The molecule has 4 rings (SSSR count). The number of imide groups is 1. The molecule has 1 aliphatic rings. The number of amides is 2. The second kappa shape index (κ2) is 10.2. The summed E-state index contributed by atoms with van der Waals surface area (Å²) in [5.74, 6) is 0.0298. The molecule has 1 heterocycles. The van der Waals surface area contributed by atoms with Crippen molar-refractivity contribution in [3.8, 4) is 11.5 Å². The van der Waals surface area contributed by atoms with Crippen molar-refractivity contribution in [3.05, 3.63) is 98.6 Å². The topological polar surface area (TPSA) is 55.8 Å². The minimum absolute atomic E-state index is 0.125. The van der Waals surface area contributed by atoms with Crippen molar-refractivity contribution >= 4 is 44.9 Å². The monoisotopic (exact) mass is 527 g/mol. The van der Waals surface area contributed by atoms with Crippen LogP contribution in [0.25, 0.3) is 6.08 Å². The molecule has 0 spiro atoms. The quantitative estimate of drug-likeness (QED) is 0.332. The van der Waals surface area contributed by atoms with Gasteiger partial charge in [0.25, 0.3) is 11.1 Å². The number of rotatable bonds is 7. The van der Waals surface area contributed by atoms with E-state index in [1.807, 2.05) is 24.3 Å². The molecule has 0 radical (unpaired) electrons. The molecule has 0 unspecified atom stereocenters. The van der Waals surface area contributed by atoms with Crippen LogP contribution in [-0.4, -0.2) is 23.2 Å². The Bertz CT molecular complexity index is 1230. The third kappa shape index (κ3) is 5.29. The first-order chi connectivity index (χ1) is 16.0. The van der Waals surface area contributed by atoms with E-state index < -0.39 is 17.0 Å². The minimum Gasteiger partial charge on any atom is -0.493 e. The number of hydrogen-bond donors (Lipinski definition) is 0. The SMILES string of the molecule is COc1cccc(/C=C2\SC(=O)N(Cc3ccccc3F)C2=O)c1OCc1ccc(Br)cc1. The molecule has 168 valence electrons. The smallest absolute Gasteiger partial charge is 0.293 e. The Morgan fingerprint density at radius 3 is 2.52 bits per heavy atom. The van der Waals surface area contributed by atoms with Crippen molar-refractivity contribution < 1.29 is 23.5 Å². The Hall–Kier alpha value is -3.10. The maximum atomic E-state index is 14.0. The van der Waals surface area contributed by atoms with Gasteiger partial charge in [-0.25, -0.2) is 4.39 Å². The molecule has 33 heavy (non-hydrogen) atoms. The van der Waals surface area contributed by atoms with E-state index in [9.17, 15) is 14.0 Å². The van der Waals surface area contributed by atoms with Crippen LogP contribution in [0.2, 0.25) is 0 Å². The number of carbonyl (C=O) groups excluding carboxylic acids is 2. The highest BCUT2D eigenvalue weighted by atomic mass is 79.9. The zero-order valence-corrected chi connectivity index (χ0v) is 20.0. The zero-order valence-electron chi connectivity index (χ0n) is 17.6. The largest absolute Gasteiger partial charge is 0.493 e. The van der Waals surface area contributed by atoms with Gasteiger partial charge in [0.15, 0.2) is 11.5 Å². The number of carbonyl (C=O) groups is 2. The van der Waals surface area contributed by atoms with E-state index in [0.717, 1.165) is 26.7 Å². The number of halogens is 2. The van der Waals surface area contributed by atoms with Crippen molar-refractivity contribution in [3.63, 3.8) is 0 Å². The van der Waals surface area contributed by atoms with Crippen LogP contribution < -0.4 is 9.47 Å². The molecule has 3 aromatic carbocycles. The molecule has 0 saturated carbocycles. The Kier molecular flexibility index (Phi) is 7.15. The number of thioether (sulfide) groups is 1. The van der Waals surface area contributed by atoms with Gasteiger partial charge in [-0.05, 0) is 47.7 Å². The highest BCUT2D eigenvalue weighted by Gasteiger charge is 2.35. The van der Waals surface area contributed by atoms with Crippen molar-refractivity contribution in [2.45, 2.75) is 13.2 Å². The lowest BCUT2D eigenvalue weighted by Crippen LogP contribution is -2.27. The van der Waals surface area contributed by atoms with Crippen LogP contribution in [0.5, 0.6) is 11.5 Å². The highest BCUT2D eigenvalue weighted by molar-refractivity contribution is 9.10. The van der Waals surface area contributed by atoms with Crippen LogP contribution in [0, 0.1) is 5.82 Å². The third-order valence-corrected chi connectivity index (χ3v) is 6.41. The second-order valence-electron chi connectivity index (χ2n) is 7.15. The molecule has 3 aromatic rings. The van der Waals surface area contributed by atoms with Crippen LogP contribution in [0.1, 0.15) is 16.7 Å². The van der Waals surface area contributed by atoms with Gasteiger partial charge in [-0.15, -0.1) is 0 Å². The van der Waals surface area contributed by atoms with Crippen LogP contribution in [0.15, 0.2) is 76.1 Å². The summed E-state index contributed by atoms with van der Waals surface area (Å²) in [6.45, 7) is 0.170. The molecule has 2 amide bonds. The fourth-order valence-electron chi connectivity index (χ4n) is 3.27. The Morgan fingerprint density at radius 2 is 1.79 bits per heavy atom. The molecule has 0 aromatic heterocycles. The molecule has 1 aliphatic heterocycles. The average molecular weight is 528 g/mol. The van der Waals surface area contributed by atoms with Gasteiger partial charge in [0.1, 0.15) is 12.4 Å². The number of benzene rings is 3. The van der Waals surface area contributed by atoms with Crippen LogP contribution in [0.3, 0.4) is 0 Å². The number of para-hydroxylation sites is 1. The predicted octanol–water partition coefficient (Wildman–Crippen LogP) is 6.41. The van der Waals surface area contributed by atoms with Gasteiger partial charge >= 0.3 is 0 Å². The molecule has 0 bridgehead atoms. The van der Waals surface area contributed by atoms with Gasteiger partial charge in [-0.1, -0.05) is 58.4 Å². The maximum absolute atomic E-state index is 14.0. The zero-order chi connectivity index (χ0) is 23.4. The molecule has 5 nitrogen and oxygen atoms in total. The predicted molar refractivity (Wildman–Crippen MR) is 129 cm³/mol.